The Hall–Kier alpha value is -1.15. The number of hydrogen-bond donors (Lipinski definition) is 2. The van der Waals surface area contributed by atoms with Gasteiger partial charge in [0.1, 0.15) is 0 Å². The summed E-state index contributed by atoms with van der Waals surface area (Å²) in [4.78, 5) is 27.2. The molecule has 2 N–H and O–H groups in total. The summed E-state index contributed by atoms with van der Waals surface area (Å²) in [6.07, 6.45) is 37.2. The summed E-state index contributed by atoms with van der Waals surface area (Å²) in [7, 11) is -4.02. The van der Waals surface area contributed by atoms with E-state index >= 15 is 0 Å². The van der Waals surface area contributed by atoms with Crippen LogP contribution < -0.4 is 5.32 Å². The molecule has 2 amide bonds. The fourth-order valence-corrected chi connectivity index (χ4v) is 6.81. The highest BCUT2D eigenvalue weighted by Crippen LogP contribution is 2.15. The predicted molar refractivity (Wildman–Crippen MR) is 200 cm³/mol. The second-order valence-corrected chi connectivity index (χ2v) is 15.6. The quantitative estimate of drug-likeness (QED) is 0.0500. The van der Waals surface area contributed by atoms with Crippen LogP contribution in [0.2, 0.25) is 0 Å². The van der Waals surface area contributed by atoms with Gasteiger partial charge in [0, 0.05) is 32.5 Å². The normalized spacial score (nSPS) is 11.6. The summed E-state index contributed by atoms with van der Waals surface area (Å²) in [5.41, 5.74) is 0. The highest BCUT2D eigenvalue weighted by atomic mass is 32.2. The topological polar surface area (TPSA) is 104 Å². The molecule has 0 saturated carbocycles. The summed E-state index contributed by atoms with van der Waals surface area (Å²) < 4.78 is 30.5. The largest absolute Gasteiger partial charge is 0.356 e. The van der Waals surface area contributed by atoms with Crippen LogP contribution in [-0.4, -0.2) is 55.1 Å². The van der Waals surface area contributed by atoms with Crippen LogP contribution in [0.1, 0.15) is 213 Å². The molecule has 0 aliphatic carbocycles. The summed E-state index contributed by atoms with van der Waals surface area (Å²) in [6.45, 7) is 6.25. The van der Waals surface area contributed by atoms with Gasteiger partial charge in [0.25, 0.3) is 10.1 Å². The highest BCUT2D eigenvalue weighted by molar-refractivity contribution is 7.85. The molecular formula is C39H78N2O5S. The fourth-order valence-electron chi connectivity index (χ4n) is 6.30. The van der Waals surface area contributed by atoms with Gasteiger partial charge in [-0.15, -0.1) is 0 Å². The van der Waals surface area contributed by atoms with E-state index in [2.05, 4.69) is 19.2 Å². The standard InChI is InChI=1S/C39H78N2O5S/c1-3-5-7-9-11-13-15-17-19-21-23-25-27-29-35-41(39(43)33-32-38(42)40-34-31-37-47(44,45)46)36-30-28-26-24-22-20-18-16-14-12-10-8-6-4-2/h3-37H2,1-2H3,(H,40,42)(H,44,45,46). The first-order valence-electron chi connectivity index (χ1n) is 20.3. The minimum absolute atomic E-state index is 0.0440. The molecule has 0 aliphatic heterocycles. The van der Waals surface area contributed by atoms with Crippen molar-refractivity contribution in [1.82, 2.24) is 10.2 Å². The Kier molecular flexibility index (Phi) is 33.9. The molecule has 0 fully saturated rings. The van der Waals surface area contributed by atoms with Gasteiger partial charge in [0.2, 0.25) is 11.8 Å². The van der Waals surface area contributed by atoms with Crippen molar-refractivity contribution in [3.63, 3.8) is 0 Å². The number of rotatable bonds is 37. The fraction of sp³-hybridized carbons (Fsp3) is 0.949. The van der Waals surface area contributed by atoms with Gasteiger partial charge in [-0.25, -0.2) is 0 Å². The molecule has 0 saturated heterocycles. The van der Waals surface area contributed by atoms with Crippen LogP contribution in [-0.2, 0) is 19.7 Å². The first-order valence-corrected chi connectivity index (χ1v) is 21.9. The van der Waals surface area contributed by atoms with Crippen molar-refractivity contribution < 1.29 is 22.6 Å². The Labute approximate surface area is 292 Å². The number of carbonyl (C=O) groups excluding carboxylic acids is 2. The molecule has 280 valence electrons. The Balaban J connectivity index is 4.20. The van der Waals surface area contributed by atoms with Crippen LogP contribution in [0.3, 0.4) is 0 Å². The summed E-state index contributed by atoms with van der Waals surface area (Å²) in [6, 6.07) is 0. The van der Waals surface area contributed by atoms with Gasteiger partial charge < -0.3 is 10.2 Å². The van der Waals surface area contributed by atoms with E-state index in [0.717, 1.165) is 38.8 Å². The average molecular weight is 687 g/mol. The molecule has 0 heterocycles. The Morgan fingerprint density at radius 1 is 0.489 bits per heavy atom. The third-order valence-corrected chi connectivity index (χ3v) is 10.2. The molecule has 0 rings (SSSR count). The zero-order valence-corrected chi connectivity index (χ0v) is 32.0. The van der Waals surface area contributed by atoms with Gasteiger partial charge in [-0.05, 0) is 19.3 Å². The average Bonchev–Trinajstić information content (AvgIpc) is 3.04. The van der Waals surface area contributed by atoms with Gasteiger partial charge in [0.05, 0.1) is 5.75 Å². The molecule has 0 unspecified atom stereocenters. The van der Waals surface area contributed by atoms with E-state index in [1.54, 1.807) is 0 Å². The van der Waals surface area contributed by atoms with E-state index in [-0.39, 0.29) is 43.4 Å². The molecule has 0 bridgehead atoms. The molecular weight excluding hydrogens is 609 g/mol. The number of carbonyl (C=O) groups is 2. The van der Waals surface area contributed by atoms with Crippen LogP contribution in [0.15, 0.2) is 0 Å². The van der Waals surface area contributed by atoms with Crippen LogP contribution in [0.5, 0.6) is 0 Å². The molecule has 47 heavy (non-hydrogen) atoms. The minimum atomic E-state index is -4.02. The van der Waals surface area contributed by atoms with E-state index in [0.29, 0.717) is 0 Å². The van der Waals surface area contributed by atoms with Gasteiger partial charge in [-0.3, -0.25) is 14.1 Å². The van der Waals surface area contributed by atoms with Crippen molar-refractivity contribution in [2.24, 2.45) is 0 Å². The number of nitrogens with zero attached hydrogens (tertiary/aromatic N) is 1. The molecule has 0 aromatic heterocycles. The molecule has 7 nitrogen and oxygen atoms in total. The maximum Gasteiger partial charge on any atom is 0.264 e. The SMILES string of the molecule is CCCCCCCCCCCCCCCCN(CCCCCCCCCCCCCCCC)C(=O)CCC(=O)NCCCS(=O)(=O)O. The Morgan fingerprint density at radius 2 is 0.809 bits per heavy atom. The molecule has 0 atom stereocenters. The summed E-state index contributed by atoms with van der Waals surface area (Å²) in [5.74, 6) is -0.581. The van der Waals surface area contributed by atoms with Crippen LogP contribution in [0.4, 0.5) is 0 Å². The van der Waals surface area contributed by atoms with Crippen molar-refractivity contribution >= 4 is 21.9 Å². The third kappa shape index (κ3) is 36.0. The maximum absolute atomic E-state index is 13.1. The van der Waals surface area contributed by atoms with Crippen molar-refractivity contribution in [2.45, 2.75) is 213 Å². The van der Waals surface area contributed by atoms with E-state index in [1.165, 1.54) is 154 Å². The lowest BCUT2D eigenvalue weighted by molar-refractivity contribution is -0.133. The lowest BCUT2D eigenvalue weighted by Crippen LogP contribution is -2.34. The van der Waals surface area contributed by atoms with Crippen molar-refractivity contribution in [1.29, 1.82) is 0 Å². The van der Waals surface area contributed by atoms with E-state index in [9.17, 15) is 18.0 Å². The number of unbranched alkanes of at least 4 members (excludes halogenated alkanes) is 26. The molecule has 0 aliphatic rings. The van der Waals surface area contributed by atoms with Crippen LogP contribution in [0.25, 0.3) is 0 Å². The summed E-state index contributed by atoms with van der Waals surface area (Å²) in [5, 5.41) is 2.66. The smallest absolute Gasteiger partial charge is 0.264 e. The monoisotopic (exact) mass is 687 g/mol. The van der Waals surface area contributed by atoms with E-state index < -0.39 is 10.1 Å². The Morgan fingerprint density at radius 3 is 1.13 bits per heavy atom. The second kappa shape index (κ2) is 34.7. The molecule has 0 aromatic carbocycles. The zero-order chi connectivity index (χ0) is 34.7. The number of nitrogens with one attached hydrogen (secondary N) is 1. The Bertz CT molecular complexity index is 773. The summed E-state index contributed by atoms with van der Waals surface area (Å²) >= 11 is 0. The first kappa shape index (κ1) is 45.9. The van der Waals surface area contributed by atoms with Crippen LogP contribution in [0, 0.1) is 0 Å². The minimum Gasteiger partial charge on any atom is -0.356 e. The van der Waals surface area contributed by atoms with Gasteiger partial charge >= 0.3 is 0 Å². The maximum atomic E-state index is 13.1. The van der Waals surface area contributed by atoms with Crippen molar-refractivity contribution in [3.05, 3.63) is 0 Å². The van der Waals surface area contributed by atoms with Crippen LogP contribution >= 0.6 is 0 Å². The van der Waals surface area contributed by atoms with E-state index in [1.807, 2.05) is 4.90 Å². The van der Waals surface area contributed by atoms with Crippen molar-refractivity contribution in [2.75, 3.05) is 25.4 Å². The first-order chi connectivity index (χ1) is 22.8. The lowest BCUT2D eigenvalue weighted by Gasteiger charge is -2.23. The lowest BCUT2D eigenvalue weighted by atomic mass is 10.0. The van der Waals surface area contributed by atoms with E-state index in [4.69, 9.17) is 4.55 Å². The van der Waals surface area contributed by atoms with Gasteiger partial charge in [-0.1, -0.05) is 181 Å². The number of amides is 2. The second-order valence-electron chi connectivity index (χ2n) is 14.1. The number of hydrogen-bond acceptors (Lipinski definition) is 4. The van der Waals surface area contributed by atoms with Crippen molar-refractivity contribution in [3.8, 4) is 0 Å². The van der Waals surface area contributed by atoms with Gasteiger partial charge in [-0.2, -0.15) is 8.42 Å². The highest BCUT2D eigenvalue weighted by Gasteiger charge is 2.15. The third-order valence-electron chi connectivity index (χ3n) is 9.38. The molecule has 0 radical (unpaired) electrons. The molecule has 8 heteroatoms. The molecule has 0 spiro atoms. The zero-order valence-electron chi connectivity index (χ0n) is 31.2. The van der Waals surface area contributed by atoms with Gasteiger partial charge in [0.15, 0.2) is 0 Å². The predicted octanol–water partition coefficient (Wildman–Crippen LogP) is 11.0. The molecule has 0 aromatic rings.